The zero-order valence-electron chi connectivity index (χ0n) is 31.6. The third-order valence-electron chi connectivity index (χ3n) is 11.9. The van der Waals surface area contributed by atoms with Crippen molar-refractivity contribution < 1.29 is 46.9 Å². The number of nitrogens with zero attached hydrogens (tertiary/aromatic N) is 4. The van der Waals surface area contributed by atoms with Crippen molar-refractivity contribution in [1.29, 1.82) is 0 Å². The van der Waals surface area contributed by atoms with Gasteiger partial charge in [-0.25, -0.2) is 4.98 Å². The number of pyridine rings is 1. The van der Waals surface area contributed by atoms with Gasteiger partial charge in [-0.1, -0.05) is 74.5 Å². The van der Waals surface area contributed by atoms with Crippen molar-refractivity contribution in [3.63, 3.8) is 0 Å². The molecule has 2 aliphatic carbocycles. The van der Waals surface area contributed by atoms with Gasteiger partial charge in [0.1, 0.15) is 11.4 Å². The molecule has 3 heterocycles. The Morgan fingerprint density at radius 1 is 0.917 bits per heavy atom. The van der Waals surface area contributed by atoms with Gasteiger partial charge in [-0.05, 0) is 78.9 Å². The quantitative estimate of drug-likeness (QED) is 0.130. The number of rotatable bonds is 8. The standard InChI is InChI=1S/C41H32BrCl3F3N5O7/c1-51(35-27(44)11-13-31(49-35)41(46,47)48)53-36(55)23-10-9-22-24(32(23)38(53)57)17-26-37(56)52(50-29-12-6-20(43)16-28(29)45)39(58)40(26,18-4-7-21(59-2)8-5-18)33(22)25-14-19(42)15-30(60-3)34(25)54/h4-9,11-16,23-24,26,32-33,50,54H,10,17H2,1-3H3/t23-,24+,26-,32-,33+,40+/m0/s1. The summed E-state index contributed by atoms with van der Waals surface area (Å²) in [5.74, 6) is -8.74. The number of allylic oxidation sites excluding steroid dienone is 2. The fourth-order valence-electron chi connectivity index (χ4n) is 9.35. The van der Waals surface area contributed by atoms with Gasteiger partial charge in [-0.2, -0.15) is 23.2 Å². The molecule has 1 aromatic heterocycles. The van der Waals surface area contributed by atoms with E-state index in [1.54, 1.807) is 36.4 Å². The Morgan fingerprint density at radius 3 is 2.28 bits per heavy atom. The summed E-state index contributed by atoms with van der Waals surface area (Å²) in [4.78, 5) is 63.3. The summed E-state index contributed by atoms with van der Waals surface area (Å²) in [5, 5.41) is 14.7. The lowest BCUT2D eigenvalue weighted by molar-refractivity contribution is -0.142. The van der Waals surface area contributed by atoms with Gasteiger partial charge in [-0.15, -0.1) is 0 Å². The molecule has 1 saturated carbocycles. The van der Waals surface area contributed by atoms with Crippen LogP contribution in [0.1, 0.15) is 35.6 Å². The number of hydrazine groups is 2. The molecule has 0 bridgehead atoms. The van der Waals surface area contributed by atoms with Gasteiger partial charge in [0, 0.05) is 28.0 Å². The molecule has 0 spiro atoms. The number of benzene rings is 3. The van der Waals surface area contributed by atoms with Crippen LogP contribution in [0.3, 0.4) is 0 Å². The fraction of sp³-hybridized carbons (Fsp3) is 0.293. The third-order valence-corrected chi connectivity index (χ3v) is 13.2. The average molecular weight is 950 g/mol. The van der Waals surface area contributed by atoms with E-state index < -0.39 is 76.3 Å². The number of nitrogens with one attached hydrogen (secondary N) is 1. The minimum absolute atomic E-state index is 0.0363. The number of carbonyl (C=O) groups is 4. The van der Waals surface area contributed by atoms with Crippen LogP contribution in [-0.4, -0.2) is 65.0 Å². The predicted octanol–water partition coefficient (Wildman–Crippen LogP) is 8.58. The summed E-state index contributed by atoms with van der Waals surface area (Å²) in [6.07, 6.45) is -3.28. The van der Waals surface area contributed by atoms with Gasteiger partial charge in [0.25, 0.3) is 23.6 Å². The first-order valence-corrected chi connectivity index (χ1v) is 20.2. The predicted molar refractivity (Wildman–Crippen MR) is 217 cm³/mol. The first-order chi connectivity index (χ1) is 28.4. The molecule has 4 aromatic rings. The number of fused-ring (bicyclic) bond motifs is 4. The van der Waals surface area contributed by atoms with Crippen LogP contribution in [0.4, 0.5) is 24.7 Å². The van der Waals surface area contributed by atoms with Gasteiger partial charge < -0.3 is 14.6 Å². The molecule has 19 heteroatoms. The molecule has 2 aliphatic heterocycles. The highest BCUT2D eigenvalue weighted by Gasteiger charge is 2.71. The van der Waals surface area contributed by atoms with Crippen molar-refractivity contribution in [2.45, 2.75) is 30.4 Å². The number of imide groups is 2. The zero-order chi connectivity index (χ0) is 43.2. The topological polar surface area (TPSA) is 142 Å². The molecule has 12 nitrogen and oxygen atoms in total. The molecule has 3 fully saturated rings. The number of aromatic nitrogens is 1. The van der Waals surface area contributed by atoms with Crippen molar-refractivity contribution in [3.8, 4) is 17.2 Å². The number of alkyl halides is 3. The van der Waals surface area contributed by atoms with Crippen molar-refractivity contribution in [1.82, 2.24) is 15.0 Å². The van der Waals surface area contributed by atoms with Crippen LogP contribution in [0.5, 0.6) is 17.2 Å². The Balaban J connectivity index is 1.32. The number of hydrogen-bond donors (Lipinski definition) is 2. The molecular weight excluding hydrogens is 918 g/mol. The highest BCUT2D eigenvalue weighted by molar-refractivity contribution is 9.10. The van der Waals surface area contributed by atoms with E-state index in [0.29, 0.717) is 32.4 Å². The summed E-state index contributed by atoms with van der Waals surface area (Å²) >= 11 is 22.5. The maximum Gasteiger partial charge on any atom is 0.433 e. The summed E-state index contributed by atoms with van der Waals surface area (Å²) < 4.78 is 52.7. The van der Waals surface area contributed by atoms with Gasteiger partial charge >= 0.3 is 6.18 Å². The van der Waals surface area contributed by atoms with Gasteiger partial charge in [0.15, 0.2) is 17.3 Å². The third kappa shape index (κ3) is 6.36. The molecule has 0 unspecified atom stereocenters. The minimum atomic E-state index is -4.85. The molecule has 4 amide bonds. The van der Waals surface area contributed by atoms with Gasteiger partial charge in [0.05, 0.1) is 53.1 Å². The Labute approximate surface area is 363 Å². The van der Waals surface area contributed by atoms with E-state index in [2.05, 4.69) is 26.3 Å². The number of amides is 4. The first-order valence-electron chi connectivity index (χ1n) is 18.3. The Kier molecular flexibility index (Phi) is 10.5. The highest BCUT2D eigenvalue weighted by Crippen LogP contribution is 2.65. The van der Waals surface area contributed by atoms with Crippen LogP contribution in [-0.2, 0) is 30.8 Å². The van der Waals surface area contributed by atoms with Crippen LogP contribution in [0, 0.1) is 23.7 Å². The fourth-order valence-corrected chi connectivity index (χ4v) is 10.5. The second-order valence-corrected chi connectivity index (χ2v) is 16.9. The number of aromatic hydroxyl groups is 1. The Hall–Kier alpha value is -5.03. The van der Waals surface area contributed by atoms with E-state index in [9.17, 15) is 27.9 Å². The smallest absolute Gasteiger partial charge is 0.433 e. The summed E-state index contributed by atoms with van der Waals surface area (Å²) in [6, 6.07) is 15.9. The number of phenolic OH excluding ortho intramolecular Hbond substituents is 1. The van der Waals surface area contributed by atoms with Crippen LogP contribution in [0.2, 0.25) is 15.1 Å². The largest absolute Gasteiger partial charge is 0.504 e. The summed E-state index contributed by atoms with van der Waals surface area (Å²) in [7, 11) is 4.04. The van der Waals surface area contributed by atoms with E-state index in [0.717, 1.165) is 21.1 Å². The van der Waals surface area contributed by atoms with Crippen LogP contribution >= 0.6 is 50.7 Å². The number of carbonyl (C=O) groups excluding carboxylic acids is 4. The Bertz CT molecular complexity index is 2530. The van der Waals surface area contributed by atoms with Crippen molar-refractivity contribution in [2.75, 3.05) is 31.7 Å². The molecule has 3 aromatic carbocycles. The van der Waals surface area contributed by atoms with Gasteiger partial charge in [0.2, 0.25) is 0 Å². The van der Waals surface area contributed by atoms with Gasteiger partial charge in [-0.3, -0.25) is 29.6 Å². The number of hydrogen-bond acceptors (Lipinski definition) is 10. The molecule has 6 atom stereocenters. The van der Waals surface area contributed by atoms with Crippen LogP contribution < -0.4 is 19.9 Å². The van der Waals surface area contributed by atoms with E-state index in [1.807, 2.05) is 0 Å². The SMILES string of the molecule is COc1ccc([C@@]23C(=O)N(Nc4ccc(Cl)cc4Cl)C(=O)[C@@H]2C[C@@H]2C(=CC[C@@H]4C(=O)N(N(C)c5nc(C(F)(F)F)ccc5Cl)C(=O)[C@@H]42)[C@@H]3c2cc(Br)cc(OC)c2O)cc1. The normalized spacial score (nSPS) is 24.8. The lowest BCUT2D eigenvalue weighted by atomic mass is 9.49. The number of halogens is 7. The Morgan fingerprint density at radius 2 is 1.63 bits per heavy atom. The monoisotopic (exact) mass is 947 g/mol. The molecule has 8 rings (SSSR count). The van der Waals surface area contributed by atoms with Crippen molar-refractivity contribution >= 4 is 85.9 Å². The average Bonchev–Trinajstić information content (AvgIpc) is 3.59. The highest BCUT2D eigenvalue weighted by atomic mass is 79.9. The maximum atomic E-state index is 15.5. The number of anilines is 2. The van der Waals surface area contributed by atoms with E-state index in [1.165, 1.54) is 45.5 Å². The maximum absolute atomic E-state index is 15.5. The van der Waals surface area contributed by atoms with E-state index in [-0.39, 0.29) is 45.6 Å². The second kappa shape index (κ2) is 15.2. The molecule has 60 heavy (non-hydrogen) atoms. The summed E-state index contributed by atoms with van der Waals surface area (Å²) in [5.41, 5.74) is 1.02. The number of methoxy groups -OCH3 is 2. The molecular formula is C41H32BrCl3F3N5O7. The van der Waals surface area contributed by atoms with Crippen molar-refractivity contribution in [2.24, 2.45) is 23.7 Å². The number of phenols is 1. The van der Waals surface area contributed by atoms with E-state index >= 15 is 9.59 Å². The molecule has 0 radical (unpaired) electrons. The zero-order valence-corrected chi connectivity index (χ0v) is 35.4. The first kappa shape index (κ1) is 41.7. The van der Waals surface area contributed by atoms with Crippen LogP contribution in [0.15, 0.2) is 82.9 Å². The van der Waals surface area contributed by atoms with E-state index in [4.69, 9.17) is 44.3 Å². The summed E-state index contributed by atoms with van der Waals surface area (Å²) in [6.45, 7) is 0. The number of ether oxygens (including phenoxy) is 2. The molecule has 2 saturated heterocycles. The molecule has 312 valence electrons. The minimum Gasteiger partial charge on any atom is -0.504 e. The van der Waals surface area contributed by atoms with Crippen LogP contribution in [0.25, 0.3) is 0 Å². The molecule has 4 aliphatic rings. The molecule has 2 N–H and O–H groups in total. The lowest BCUT2D eigenvalue weighted by Gasteiger charge is -2.50. The lowest BCUT2D eigenvalue weighted by Crippen LogP contribution is -2.53. The second-order valence-electron chi connectivity index (χ2n) is 14.8. The van der Waals surface area contributed by atoms with Crippen molar-refractivity contribution in [3.05, 3.63) is 115 Å².